The van der Waals surface area contributed by atoms with E-state index >= 15 is 0 Å². The van der Waals surface area contributed by atoms with Gasteiger partial charge in [0.2, 0.25) is 5.91 Å². The van der Waals surface area contributed by atoms with Crippen LogP contribution >= 0.6 is 11.8 Å². The first-order valence-electron chi connectivity index (χ1n) is 6.05. The second-order valence-corrected chi connectivity index (χ2v) is 5.78. The molecule has 2 N–H and O–H groups in total. The number of hydrogen-bond donors (Lipinski definition) is 2. The molecular weight excluding hydrogens is 232 g/mol. The molecule has 0 bridgehead atoms. The number of anilines is 1. The largest absolute Gasteiger partial charge is 0.373 e. The van der Waals surface area contributed by atoms with Crippen LogP contribution in [0.3, 0.4) is 0 Å². The molecule has 0 aromatic heterocycles. The van der Waals surface area contributed by atoms with E-state index < -0.39 is 0 Å². The second kappa shape index (κ2) is 4.61. The van der Waals surface area contributed by atoms with E-state index in [2.05, 4.69) is 16.7 Å². The third-order valence-electron chi connectivity index (χ3n) is 3.36. The number of benzene rings is 1. The van der Waals surface area contributed by atoms with Crippen molar-refractivity contribution < 1.29 is 4.79 Å². The van der Waals surface area contributed by atoms with Gasteiger partial charge in [-0.3, -0.25) is 4.79 Å². The van der Waals surface area contributed by atoms with Crippen LogP contribution in [0.4, 0.5) is 5.69 Å². The van der Waals surface area contributed by atoms with Crippen LogP contribution in [0.15, 0.2) is 24.3 Å². The summed E-state index contributed by atoms with van der Waals surface area (Å²) in [6.45, 7) is 0. The predicted octanol–water partition coefficient (Wildman–Crippen LogP) is 1.64. The summed E-state index contributed by atoms with van der Waals surface area (Å²) in [5.74, 6) is 2.38. The Balaban J connectivity index is 1.62. The van der Waals surface area contributed by atoms with E-state index in [-0.39, 0.29) is 11.9 Å². The van der Waals surface area contributed by atoms with Gasteiger partial charge < -0.3 is 10.6 Å². The molecule has 1 aromatic rings. The molecule has 2 atom stereocenters. The van der Waals surface area contributed by atoms with Crippen LogP contribution in [-0.4, -0.2) is 29.5 Å². The topological polar surface area (TPSA) is 41.1 Å². The fourth-order valence-corrected chi connectivity index (χ4v) is 3.56. The quantitative estimate of drug-likeness (QED) is 0.836. The molecule has 0 spiro atoms. The van der Waals surface area contributed by atoms with Crippen molar-refractivity contribution in [3.05, 3.63) is 29.8 Å². The van der Waals surface area contributed by atoms with Crippen molar-refractivity contribution in [2.75, 3.05) is 16.8 Å². The molecule has 0 radical (unpaired) electrons. The highest BCUT2D eigenvalue weighted by Crippen LogP contribution is 2.25. The highest BCUT2D eigenvalue weighted by molar-refractivity contribution is 7.99. The first kappa shape index (κ1) is 11.0. The highest BCUT2D eigenvalue weighted by Gasteiger charge is 2.28. The van der Waals surface area contributed by atoms with E-state index in [0.717, 1.165) is 24.3 Å². The van der Waals surface area contributed by atoms with Gasteiger partial charge >= 0.3 is 0 Å². The van der Waals surface area contributed by atoms with E-state index in [1.165, 1.54) is 11.3 Å². The summed E-state index contributed by atoms with van der Waals surface area (Å²) in [6, 6.07) is 8.43. The van der Waals surface area contributed by atoms with Gasteiger partial charge in [-0.2, -0.15) is 11.8 Å². The van der Waals surface area contributed by atoms with Gasteiger partial charge in [-0.25, -0.2) is 0 Å². The Hall–Kier alpha value is -1.16. The third-order valence-corrected chi connectivity index (χ3v) is 4.53. The van der Waals surface area contributed by atoms with Gasteiger partial charge in [0.25, 0.3) is 0 Å². The summed E-state index contributed by atoms with van der Waals surface area (Å²) in [5.41, 5.74) is 2.35. The van der Waals surface area contributed by atoms with Gasteiger partial charge in [0.05, 0.1) is 0 Å². The van der Waals surface area contributed by atoms with Crippen molar-refractivity contribution in [2.24, 2.45) is 0 Å². The van der Waals surface area contributed by atoms with Crippen LogP contribution in [0.2, 0.25) is 0 Å². The van der Waals surface area contributed by atoms with Crippen LogP contribution in [-0.2, 0) is 11.2 Å². The Kier molecular flexibility index (Phi) is 2.97. The molecule has 0 aliphatic carbocycles. The van der Waals surface area contributed by atoms with Crippen molar-refractivity contribution in [1.82, 2.24) is 5.32 Å². The van der Waals surface area contributed by atoms with Crippen molar-refractivity contribution in [3.8, 4) is 0 Å². The number of amides is 1. The molecule has 1 amide bonds. The van der Waals surface area contributed by atoms with Crippen LogP contribution in [0.25, 0.3) is 0 Å². The van der Waals surface area contributed by atoms with Gasteiger partial charge in [-0.05, 0) is 23.8 Å². The zero-order valence-electron chi connectivity index (χ0n) is 9.61. The Morgan fingerprint density at radius 2 is 2.29 bits per heavy atom. The molecule has 90 valence electrons. The molecule has 1 aromatic carbocycles. The van der Waals surface area contributed by atoms with Crippen LogP contribution in [0, 0.1) is 0 Å². The van der Waals surface area contributed by atoms with Gasteiger partial charge in [-0.15, -0.1) is 0 Å². The van der Waals surface area contributed by atoms with E-state index in [1.54, 1.807) is 0 Å². The number of hydrogen-bond acceptors (Lipinski definition) is 3. The zero-order valence-corrected chi connectivity index (χ0v) is 10.4. The fraction of sp³-hybridized carbons (Fsp3) is 0.462. The van der Waals surface area contributed by atoms with Crippen LogP contribution in [0.1, 0.15) is 12.0 Å². The third kappa shape index (κ3) is 2.27. The Morgan fingerprint density at radius 3 is 3.06 bits per heavy atom. The Bertz CT molecular complexity index is 404. The normalized spacial score (nSPS) is 26.4. The molecule has 0 saturated carbocycles. The number of fused-ring (bicyclic) bond motifs is 1. The average Bonchev–Trinajstić information content (AvgIpc) is 2.96. The standard InChI is InChI=1S/C13H16N2OS/c16-13(14-10-5-6-17-8-10)12-7-9-3-1-2-4-11(9)15-12/h1-4,10,12,15H,5-8H2,(H,14,16). The van der Waals surface area contributed by atoms with Crippen LogP contribution in [0.5, 0.6) is 0 Å². The number of carbonyl (C=O) groups is 1. The summed E-state index contributed by atoms with van der Waals surface area (Å²) in [7, 11) is 0. The summed E-state index contributed by atoms with van der Waals surface area (Å²) < 4.78 is 0. The van der Waals surface area contributed by atoms with E-state index in [1.807, 2.05) is 30.0 Å². The number of carbonyl (C=O) groups excluding carboxylic acids is 1. The van der Waals surface area contributed by atoms with Crippen molar-refractivity contribution in [2.45, 2.75) is 24.9 Å². The lowest BCUT2D eigenvalue weighted by Crippen LogP contribution is -2.43. The summed E-state index contributed by atoms with van der Waals surface area (Å²) in [5, 5.41) is 6.42. The fourth-order valence-electron chi connectivity index (χ4n) is 2.41. The lowest BCUT2D eigenvalue weighted by Gasteiger charge is -2.16. The highest BCUT2D eigenvalue weighted by atomic mass is 32.2. The van der Waals surface area contributed by atoms with E-state index in [0.29, 0.717) is 6.04 Å². The molecule has 2 aliphatic heterocycles. The minimum absolute atomic E-state index is 0.0852. The minimum atomic E-state index is -0.0852. The molecule has 1 saturated heterocycles. The Morgan fingerprint density at radius 1 is 1.41 bits per heavy atom. The first-order chi connectivity index (χ1) is 8.33. The average molecular weight is 248 g/mol. The van der Waals surface area contributed by atoms with Gasteiger partial charge in [-0.1, -0.05) is 18.2 Å². The molecule has 17 heavy (non-hydrogen) atoms. The Labute approximate surface area is 105 Å². The zero-order chi connectivity index (χ0) is 11.7. The van der Waals surface area contributed by atoms with E-state index in [4.69, 9.17) is 0 Å². The molecule has 2 heterocycles. The first-order valence-corrected chi connectivity index (χ1v) is 7.21. The maximum Gasteiger partial charge on any atom is 0.243 e. The number of thioether (sulfide) groups is 1. The molecule has 3 nitrogen and oxygen atoms in total. The lowest BCUT2D eigenvalue weighted by atomic mass is 10.1. The molecule has 2 unspecified atom stereocenters. The predicted molar refractivity (Wildman–Crippen MR) is 71.4 cm³/mol. The second-order valence-electron chi connectivity index (χ2n) is 4.63. The molecule has 3 rings (SSSR count). The monoisotopic (exact) mass is 248 g/mol. The smallest absolute Gasteiger partial charge is 0.243 e. The summed E-state index contributed by atoms with van der Waals surface area (Å²) in [4.78, 5) is 12.1. The summed E-state index contributed by atoms with van der Waals surface area (Å²) >= 11 is 1.92. The number of nitrogens with one attached hydrogen (secondary N) is 2. The van der Waals surface area contributed by atoms with Crippen molar-refractivity contribution in [1.29, 1.82) is 0 Å². The van der Waals surface area contributed by atoms with Gasteiger partial charge in [0.15, 0.2) is 0 Å². The lowest BCUT2D eigenvalue weighted by molar-refractivity contribution is -0.122. The molecule has 1 fully saturated rings. The van der Waals surface area contributed by atoms with Crippen molar-refractivity contribution >= 4 is 23.4 Å². The van der Waals surface area contributed by atoms with E-state index in [9.17, 15) is 4.79 Å². The maximum atomic E-state index is 12.1. The maximum absolute atomic E-state index is 12.1. The molecule has 2 aliphatic rings. The van der Waals surface area contributed by atoms with Gasteiger partial charge in [0.1, 0.15) is 6.04 Å². The van der Waals surface area contributed by atoms with Gasteiger partial charge in [0, 0.05) is 23.9 Å². The van der Waals surface area contributed by atoms with Crippen LogP contribution < -0.4 is 10.6 Å². The SMILES string of the molecule is O=C(NC1CCSC1)C1Cc2ccccc2N1. The molecule has 4 heteroatoms. The summed E-state index contributed by atoms with van der Waals surface area (Å²) in [6.07, 6.45) is 1.91. The minimum Gasteiger partial charge on any atom is -0.373 e. The van der Waals surface area contributed by atoms with Crippen molar-refractivity contribution in [3.63, 3.8) is 0 Å². The molecular formula is C13H16N2OS. The number of rotatable bonds is 2. The number of para-hydroxylation sites is 1.